The molecule has 0 spiro atoms. The monoisotopic (exact) mass is 478 g/mol. The third-order valence-electron chi connectivity index (χ3n) is 4.66. The second-order valence-corrected chi connectivity index (χ2v) is 7.16. The van der Waals surface area contributed by atoms with Gasteiger partial charge in [0.05, 0.1) is 19.9 Å². The van der Waals surface area contributed by atoms with E-state index in [0.29, 0.717) is 47.3 Å². The molecule has 0 unspecified atom stereocenters. The Labute approximate surface area is 202 Å². The standard InChI is InChI=1S/C26H26N2O7/c1-3-33-24-13-19(9-11-22(24)35-17-25(29)30)15-27-28-26(31)20-10-12-21(23(14-20)32-2)34-16-18-7-5-4-6-8-18/h4-15H,3,16-17H2,1-2H3,(H,28,31)(H,29,30)/b27-15+. The minimum atomic E-state index is -1.09. The van der Waals surface area contributed by atoms with Crippen molar-refractivity contribution < 1.29 is 33.6 Å². The van der Waals surface area contributed by atoms with E-state index >= 15 is 0 Å². The molecule has 2 N–H and O–H groups in total. The largest absolute Gasteiger partial charge is 0.493 e. The average molecular weight is 479 g/mol. The molecule has 0 fully saturated rings. The highest BCUT2D eigenvalue weighted by Gasteiger charge is 2.12. The number of carboxylic acids is 1. The summed E-state index contributed by atoms with van der Waals surface area (Å²) in [5.74, 6) is 0.103. The molecule has 0 aromatic heterocycles. The van der Waals surface area contributed by atoms with Crippen LogP contribution in [0.5, 0.6) is 23.0 Å². The van der Waals surface area contributed by atoms with Crippen LogP contribution in [0.2, 0.25) is 0 Å². The Morgan fingerprint density at radius 2 is 1.66 bits per heavy atom. The quantitative estimate of drug-likeness (QED) is 0.300. The molecule has 3 rings (SSSR count). The Morgan fingerprint density at radius 3 is 2.37 bits per heavy atom. The lowest BCUT2D eigenvalue weighted by atomic mass is 10.2. The number of ether oxygens (including phenoxy) is 4. The SMILES string of the molecule is CCOc1cc(/C=N/NC(=O)c2ccc(OCc3ccccc3)c(OC)c2)ccc1OCC(=O)O. The molecule has 0 aliphatic heterocycles. The first-order chi connectivity index (χ1) is 17.0. The zero-order chi connectivity index (χ0) is 25.0. The summed E-state index contributed by atoms with van der Waals surface area (Å²) in [6, 6.07) is 19.5. The number of amides is 1. The molecule has 0 radical (unpaired) electrons. The van der Waals surface area contributed by atoms with Crippen molar-refractivity contribution in [3.8, 4) is 23.0 Å². The number of nitrogens with one attached hydrogen (secondary N) is 1. The summed E-state index contributed by atoms with van der Waals surface area (Å²) in [4.78, 5) is 23.3. The van der Waals surface area contributed by atoms with Crippen molar-refractivity contribution in [2.75, 3.05) is 20.3 Å². The lowest BCUT2D eigenvalue weighted by Crippen LogP contribution is -2.17. The van der Waals surface area contributed by atoms with Gasteiger partial charge in [-0.2, -0.15) is 5.10 Å². The van der Waals surface area contributed by atoms with Crippen molar-refractivity contribution in [2.45, 2.75) is 13.5 Å². The van der Waals surface area contributed by atoms with Crippen molar-refractivity contribution in [3.63, 3.8) is 0 Å². The first-order valence-corrected chi connectivity index (χ1v) is 10.8. The van der Waals surface area contributed by atoms with Crippen LogP contribution in [-0.2, 0) is 11.4 Å². The van der Waals surface area contributed by atoms with E-state index in [-0.39, 0.29) is 0 Å². The molecule has 1 amide bonds. The molecule has 9 heteroatoms. The Kier molecular flexibility index (Phi) is 9.07. The number of hydrazone groups is 1. The molecule has 0 saturated carbocycles. The van der Waals surface area contributed by atoms with Gasteiger partial charge in [0.2, 0.25) is 0 Å². The second kappa shape index (κ2) is 12.6. The first-order valence-electron chi connectivity index (χ1n) is 10.8. The maximum absolute atomic E-state index is 12.5. The highest BCUT2D eigenvalue weighted by atomic mass is 16.5. The van der Waals surface area contributed by atoms with Gasteiger partial charge in [0.25, 0.3) is 5.91 Å². The Hall–Kier alpha value is -4.53. The number of benzene rings is 3. The lowest BCUT2D eigenvalue weighted by Gasteiger charge is -2.12. The smallest absolute Gasteiger partial charge is 0.341 e. The molecule has 0 heterocycles. The summed E-state index contributed by atoms with van der Waals surface area (Å²) in [6.07, 6.45) is 1.44. The maximum atomic E-state index is 12.5. The summed E-state index contributed by atoms with van der Waals surface area (Å²) in [6.45, 7) is 2.06. The van der Waals surface area contributed by atoms with Gasteiger partial charge in [0.1, 0.15) is 6.61 Å². The van der Waals surface area contributed by atoms with Gasteiger partial charge in [-0.1, -0.05) is 30.3 Å². The van der Waals surface area contributed by atoms with Crippen LogP contribution in [0.1, 0.15) is 28.4 Å². The Bertz CT molecular complexity index is 1180. The minimum absolute atomic E-state index is 0.303. The fraction of sp³-hybridized carbons (Fsp3) is 0.192. The van der Waals surface area contributed by atoms with Gasteiger partial charge in [-0.15, -0.1) is 0 Å². The number of aliphatic carboxylic acids is 1. The Balaban J connectivity index is 1.63. The highest BCUT2D eigenvalue weighted by molar-refractivity contribution is 5.95. The van der Waals surface area contributed by atoms with E-state index in [4.69, 9.17) is 24.1 Å². The predicted molar refractivity (Wildman–Crippen MR) is 130 cm³/mol. The summed E-state index contributed by atoms with van der Waals surface area (Å²) in [7, 11) is 1.50. The van der Waals surface area contributed by atoms with Gasteiger partial charge in [0.15, 0.2) is 29.6 Å². The van der Waals surface area contributed by atoms with Crippen LogP contribution in [0.3, 0.4) is 0 Å². The number of methoxy groups -OCH3 is 1. The van der Waals surface area contributed by atoms with Gasteiger partial charge >= 0.3 is 5.97 Å². The molecular formula is C26H26N2O7. The van der Waals surface area contributed by atoms with Crippen molar-refractivity contribution in [3.05, 3.63) is 83.4 Å². The molecule has 182 valence electrons. The average Bonchev–Trinajstić information content (AvgIpc) is 2.87. The summed E-state index contributed by atoms with van der Waals surface area (Å²) >= 11 is 0. The van der Waals surface area contributed by atoms with Gasteiger partial charge < -0.3 is 24.1 Å². The minimum Gasteiger partial charge on any atom is -0.493 e. The fourth-order valence-electron chi connectivity index (χ4n) is 3.03. The van der Waals surface area contributed by atoms with E-state index in [1.807, 2.05) is 30.3 Å². The van der Waals surface area contributed by atoms with Crippen molar-refractivity contribution >= 4 is 18.1 Å². The van der Waals surface area contributed by atoms with Gasteiger partial charge in [-0.05, 0) is 54.4 Å². The van der Waals surface area contributed by atoms with E-state index in [1.54, 1.807) is 43.3 Å². The van der Waals surface area contributed by atoms with Crippen molar-refractivity contribution in [1.82, 2.24) is 5.43 Å². The number of carbonyl (C=O) groups is 2. The number of carboxylic acid groups (broad SMARTS) is 1. The molecule has 3 aromatic rings. The number of nitrogens with zero attached hydrogens (tertiary/aromatic N) is 1. The molecule has 0 saturated heterocycles. The molecule has 0 aliphatic carbocycles. The zero-order valence-corrected chi connectivity index (χ0v) is 19.4. The summed E-state index contributed by atoms with van der Waals surface area (Å²) in [5.41, 5.74) is 4.45. The molecule has 9 nitrogen and oxygen atoms in total. The molecular weight excluding hydrogens is 452 g/mol. The van der Waals surface area contributed by atoms with Crippen molar-refractivity contribution in [1.29, 1.82) is 0 Å². The van der Waals surface area contributed by atoms with Crippen LogP contribution in [0.25, 0.3) is 0 Å². The van der Waals surface area contributed by atoms with Crippen LogP contribution < -0.4 is 24.4 Å². The third-order valence-corrected chi connectivity index (χ3v) is 4.66. The summed E-state index contributed by atoms with van der Waals surface area (Å²) < 4.78 is 21.9. The maximum Gasteiger partial charge on any atom is 0.341 e. The molecule has 0 bridgehead atoms. The predicted octanol–water partition coefficient (Wildman–Crippen LogP) is 3.90. The van der Waals surface area contributed by atoms with Crippen LogP contribution in [0, 0.1) is 0 Å². The van der Waals surface area contributed by atoms with Crippen LogP contribution in [0.4, 0.5) is 0 Å². The second-order valence-electron chi connectivity index (χ2n) is 7.16. The van der Waals surface area contributed by atoms with E-state index < -0.39 is 18.5 Å². The Morgan fingerprint density at radius 1 is 0.914 bits per heavy atom. The lowest BCUT2D eigenvalue weighted by molar-refractivity contribution is -0.139. The van der Waals surface area contributed by atoms with Gasteiger partial charge in [0, 0.05) is 5.56 Å². The highest BCUT2D eigenvalue weighted by Crippen LogP contribution is 2.29. The van der Waals surface area contributed by atoms with Crippen LogP contribution in [-0.4, -0.2) is 43.5 Å². The third kappa shape index (κ3) is 7.50. The van der Waals surface area contributed by atoms with Crippen molar-refractivity contribution in [2.24, 2.45) is 5.10 Å². The van der Waals surface area contributed by atoms with Crippen LogP contribution in [0.15, 0.2) is 71.8 Å². The number of hydrogen-bond acceptors (Lipinski definition) is 7. The number of carbonyl (C=O) groups excluding carboxylic acids is 1. The molecule has 0 atom stereocenters. The van der Waals surface area contributed by atoms with Gasteiger partial charge in [-0.25, -0.2) is 10.2 Å². The normalized spacial score (nSPS) is 10.6. The van der Waals surface area contributed by atoms with Gasteiger partial charge in [-0.3, -0.25) is 4.79 Å². The molecule has 0 aliphatic rings. The fourth-order valence-corrected chi connectivity index (χ4v) is 3.03. The van der Waals surface area contributed by atoms with Crippen LogP contribution >= 0.6 is 0 Å². The number of hydrogen-bond donors (Lipinski definition) is 2. The summed E-state index contributed by atoms with van der Waals surface area (Å²) in [5, 5.41) is 12.8. The van der Waals surface area contributed by atoms with E-state index in [0.717, 1.165) is 5.56 Å². The first kappa shape index (κ1) is 25.1. The number of rotatable bonds is 12. The topological polar surface area (TPSA) is 116 Å². The molecule has 3 aromatic carbocycles. The zero-order valence-electron chi connectivity index (χ0n) is 19.4. The van der Waals surface area contributed by atoms with E-state index in [1.165, 1.54) is 13.3 Å². The van der Waals surface area contributed by atoms with E-state index in [9.17, 15) is 9.59 Å². The molecule has 35 heavy (non-hydrogen) atoms. The van der Waals surface area contributed by atoms with E-state index in [2.05, 4.69) is 10.5 Å².